The first-order chi connectivity index (χ1) is 9.63. The molecule has 2 aromatic carbocycles. The number of halogens is 1. The molecule has 100 valence electrons. The predicted octanol–water partition coefficient (Wildman–Crippen LogP) is 4.49. The highest BCUT2D eigenvalue weighted by Gasteiger charge is 2.09. The van der Waals surface area contributed by atoms with Crippen LogP contribution in [0.4, 0.5) is 5.69 Å². The van der Waals surface area contributed by atoms with E-state index in [-0.39, 0.29) is 5.91 Å². The molecule has 1 heterocycles. The summed E-state index contributed by atoms with van der Waals surface area (Å²) in [6, 6.07) is 15.2. The van der Waals surface area contributed by atoms with Gasteiger partial charge in [-0.1, -0.05) is 28.1 Å². The van der Waals surface area contributed by atoms with Gasteiger partial charge in [0.05, 0.1) is 5.69 Å². The van der Waals surface area contributed by atoms with Gasteiger partial charge in [-0.15, -0.1) is 0 Å². The van der Waals surface area contributed by atoms with Gasteiger partial charge in [0.25, 0.3) is 5.91 Å². The van der Waals surface area contributed by atoms with Crippen molar-refractivity contribution in [2.75, 3.05) is 5.32 Å². The molecule has 0 unspecified atom stereocenters. The SMILES string of the molecule is Cc1cc2c(NC(=O)c3cccc(Br)c3)cccc2[nH]1. The quantitative estimate of drug-likeness (QED) is 0.715. The molecular formula is C16H13BrN2O. The Hall–Kier alpha value is -2.07. The molecule has 0 spiro atoms. The molecule has 0 aliphatic carbocycles. The fraction of sp³-hybridized carbons (Fsp3) is 0.0625. The Bertz CT molecular complexity index is 792. The number of aryl methyl sites for hydroxylation is 1. The summed E-state index contributed by atoms with van der Waals surface area (Å²) in [6.45, 7) is 2.00. The van der Waals surface area contributed by atoms with Crippen LogP contribution < -0.4 is 5.32 Å². The average Bonchev–Trinajstić information content (AvgIpc) is 2.80. The third-order valence-electron chi connectivity index (χ3n) is 3.13. The van der Waals surface area contributed by atoms with Crippen molar-refractivity contribution in [1.29, 1.82) is 0 Å². The van der Waals surface area contributed by atoms with Crippen molar-refractivity contribution in [2.45, 2.75) is 6.92 Å². The number of H-pyrrole nitrogens is 1. The Morgan fingerprint density at radius 1 is 1.15 bits per heavy atom. The first kappa shape index (κ1) is 12.9. The molecule has 0 radical (unpaired) electrons. The number of rotatable bonds is 2. The number of benzene rings is 2. The minimum Gasteiger partial charge on any atom is -0.359 e. The molecule has 0 saturated carbocycles. The van der Waals surface area contributed by atoms with Gasteiger partial charge in [-0.25, -0.2) is 0 Å². The normalized spacial score (nSPS) is 10.7. The number of carbonyl (C=O) groups is 1. The van der Waals surface area contributed by atoms with Crippen molar-refractivity contribution in [1.82, 2.24) is 4.98 Å². The number of aromatic amines is 1. The Labute approximate surface area is 125 Å². The Kier molecular flexibility index (Phi) is 3.32. The van der Waals surface area contributed by atoms with E-state index in [0.717, 1.165) is 26.8 Å². The van der Waals surface area contributed by atoms with Gasteiger partial charge >= 0.3 is 0 Å². The van der Waals surface area contributed by atoms with Crippen molar-refractivity contribution < 1.29 is 4.79 Å². The van der Waals surface area contributed by atoms with Crippen molar-refractivity contribution >= 4 is 38.4 Å². The standard InChI is InChI=1S/C16H13BrN2O/c1-10-8-13-14(18-10)6-3-7-15(13)19-16(20)11-4-2-5-12(17)9-11/h2-9,18H,1H3,(H,19,20). The van der Waals surface area contributed by atoms with E-state index in [1.165, 1.54) is 0 Å². The summed E-state index contributed by atoms with van der Waals surface area (Å²) in [5.41, 5.74) is 3.54. The highest BCUT2D eigenvalue weighted by Crippen LogP contribution is 2.24. The molecule has 0 fully saturated rings. The fourth-order valence-corrected chi connectivity index (χ4v) is 2.63. The average molecular weight is 329 g/mol. The minimum atomic E-state index is -0.113. The molecule has 3 rings (SSSR count). The van der Waals surface area contributed by atoms with Crippen LogP contribution in [0, 0.1) is 6.92 Å². The van der Waals surface area contributed by atoms with E-state index in [0.29, 0.717) is 5.56 Å². The van der Waals surface area contributed by atoms with Crippen molar-refractivity contribution in [3.63, 3.8) is 0 Å². The lowest BCUT2D eigenvalue weighted by atomic mass is 10.2. The summed E-state index contributed by atoms with van der Waals surface area (Å²) in [5.74, 6) is -0.113. The topological polar surface area (TPSA) is 44.9 Å². The lowest BCUT2D eigenvalue weighted by molar-refractivity contribution is 0.102. The molecule has 0 saturated heterocycles. The maximum absolute atomic E-state index is 12.3. The number of amides is 1. The smallest absolute Gasteiger partial charge is 0.255 e. The zero-order chi connectivity index (χ0) is 14.1. The largest absolute Gasteiger partial charge is 0.359 e. The van der Waals surface area contributed by atoms with Crippen LogP contribution in [-0.4, -0.2) is 10.9 Å². The molecular weight excluding hydrogens is 316 g/mol. The highest BCUT2D eigenvalue weighted by molar-refractivity contribution is 9.10. The molecule has 4 heteroatoms. The van der Waals surface area contributed by atoms with Crippen LogP contribution in [0.5, 0.6) is 0 Å². The van der Waals surface area contributed by atoms with E-state index >= 15 is 0 Å². The van der Waals surface area contributed by atoms with E-state index in [1.807, 2.05) is 43.3 Å². The molecule has 3 aromatic rings. The van der Waals surface area contributed by atoms with Crippen LogP contribution >= 0.6 is 15.9 Å². The van der Waals surface area contributed by atoms with Crippen LogP contribution in [0.1, 0.15) is 16.1 Å². The summed E-state index contributed by atoms with van der Waals surface area (Å²) >= 11 is 3.37. The van der Waals surface area contributed by atoms with E-state index in [1.54, 1.807) is 12.1 Å². The first-order valence-corrected chi connectivity index (χ1v) is 7.08. The molecule has 0 atom stereocenters. The summed E-state index contributed by atoms with van der Waals surface area (Å²) in [5, 5.41) is 3.98. The number of nitrogens with one attached hydrogen (secondary N) is 2. The van der Waals surface area contributed by atoms with Crippen LogP contribution in [0.2, 0.25) is 0 Å². The van der Waals surface area contributed by atoms with Crippen LogP contribution in [-0.2, 0) is 0 Å². The van der Waals surface area contributed by atoms with Gasteiger partial charge in [-0.3, -0.25) is 4.79 Å². The van der Waals surface area contributed by atoms with Crippen LogP contribution in [0.15, 0.2) is 53.0 Å². The Morgan fingerprint density at radius 2 is 1.95 bits per heavy atom. The number of aromatic nitrogens is 1. The molecule has 1 amide bonds. The zero-order valence-corrected chi connectivity index (χ0v) is 12.5. The monoisotopic (exact) mass is 328 g/mol. The number of hydrogen-bond acceptors (Lipinski definition) is 1. The van der Waals surface area contributed by atoms with E-state index in [4.69, 9.17) is 0 Å². The molecule has 1 aromatic heterocycles. The zero-order valence-electron chi connectivity index (χ0n) is 10.9. The third-order valence-corrected chi connectivity index (χ3v) is 3.63. The lowest BCUT2D eigenvalue weighted by Crippen LogP contribution is -2.11. The summed E-state index contributed by atoms with van der Waals surface area (Å²) in [4.78, 5) is 15.5. The number of fused-ring (bicyclic) bond motifs is 1. The van der Waals surface area contributed by atoms with Gasteiger partial charge < -0.3 is 10.3 Å². The van der Waals surface area contributed by atoms with Gasteiger partial charge in [0.2, 0.25) is 0 Å². The molecule has 0 aliphatic heterocycles. The summed E-state index contributed by atoms with van der Waals surface area (Å²) < 4.78 is 0.890. The maximum Gasteiger partial charge on any atom is 0.255 e. The Balaban J connectivity index is 1.95. The van der Waals surface area contributed by atoms with E-state index in [2.05, 4.69) is 26.2 Å². The maximum atomic E-state index is 12.3. The van der Waals surface area contributed by atoms with Gasteiger partial charge in [0.1, 0.15) is 0 Å². The van der Waals surface area contributed by atoms with Crippen molar-refractivity contribution in [3.05, 3.63) is 64.3 Å². The molecule has 2 N–H and O–H groups in total. The Morgan fingerprint density at radius 3 is 2.75 bits per heavy atom. The summed E-state index contributed by atoms with van der Waals surface area (Å²) in [7, 11) is 0. The van der Waals surface area contributed by atoms with Gasteiger partial charge in [-0.2, -0.15) is 0 Å². The van der Waals surface area contributed by atoms with Gasteiger partial charge in [0, 0.05) is 26.6 Å². The highest BCUT2D eigenvalue weighted by atomic mass is 79.9. The second-order valence-corrected chi connectivity index (χ2v) is 5.60. The number of carbonyl (C=O) groups excluding carboxylic acids is 1. The van der Waals surface area contributed by atoms with Crippen molar-refractivity contribution in [3.8, 4) is 0 Å². The van der Waals surface area contributed by atoms with Crippen molar-refractivity contribution in [2.24, 2.45) is 0 Å². The lowest BCUT2D eigenvalue weighted by Gasteiger charge is -2.07. The number of anilines is 1. The van der Waals surface area contributed by atoms with Gasteiger partial charge in [-0.05, 0) is 43.3 Å². The summed E-state index contributed by atoms with van der Waals surface area (Å²) in [6.07, 6.45) is 0. The second kappa shape index (κ2) is 5.13. The van der Waals surface area contributed by atoms with Crippen LogP contribution in [0.25, 0.3) is 10.9 Å². The van der Waals surface area contributed by atoms with Gasteiger partial charge in [0.15, 0.2) is 0 Å². The second-order valence-electron chi connectivity index (χ2n) is 4.68. The molecule has 0 aliphatic rings. The third kappa shape index (κ3) is 2.47. The van der Waals surface area contributed by atoms with Crippen LogP contribution in [0.3, 0.4) is 0 Å². The molecule has 0 bridgehead atoms. The minimum absolute atomic E-state index is 0.113. The first-order valence-electron chi connectivity index (χ1n) is 6.29. The number of hydrogen-bond donors (Lipinski definition) is 2. The molecule has 3 nitrogen and oxygen atoms in total. The molecule has 20 heavy (non-hydrogen) atoms. The predicted molar refractivity (Wildman–Crippen MR) is 85.1 cm³/mol. The van der Waals surface area contributed by atoms with E-state index in [9.17, 15) is 4.79 Å². The van der Waals surface area contributed by atoms with E-state index < -0.39 is 0 Å². The fourth-order valence-electron chi connectivity index (χ4n) is 2.23.